The summed E-state index contributed by atoms with van der Waals surface area (Å²) < 4.78 is 1.56. The van der Waals surface area contributed by atoms with Gasteiger partial charge in [0, 0.05) is 17.6 Å². The molecule has 2 saturated carbocycles. The van der Waals surface area contributed by atoms with E-state index in [0.717, 1.165) is 18.5 Å². The van der Waals surface area contributed by atoms with Gasteiger partial charge >= 0.3 is 0 Å². The van der Waals surface area contributed by atoms with E-state index in [1.54, 1.807) is 4.68 Å². The van der Waals surface area contributed by atoms with E-state index in [1.165, 1.54) is 25.6 Å². The van der Waals surface area contributed by atoms with Crippen LogP contribution in [0.1, 0.15) is 42.5 Å². The molecule has 2 atom stereocenters. The monoisotopic (exact) mass is 362 g/mol. The number of carbonyl (C=O) groups excluding carboxylic acids is 1. The van der Waals surface area contributed by atoms with Crippen LogP contribution >= 0.6 is 12.4 Å². The van der Waals surface area contributed by atoms with Crippen LogP contribution in [0.3, 0.4) is 0 Å². The molecule has 2 aromatic rings. The first-order valence-electron chi connectivity index (χ1n) is 8.60. The Balaban J connectivity index is 0.00000182. The molecule has 7 nitrogen and oxygen atoms in total. The van der Waals surface area contributed by atoms with Gasteiger partial charge in [0.15, 0.2) is 0 Å². The van der Waals surface area contributed by atoms with Gasteiger partial charge in [0.05, 0.1) is 5.69 Å². The SMILES string of the molecule is Cl.NC1CC2CCCC(C1)C2NC(=O)c1ccc(-n2cnnn2)cc1. The number of halogens is 1. The van der Waals surface area contributed by atoms with Gasteiger partial charge in [-0.2, -0.15) is 0 Å². The molecular formula is C17H23ClN6O. The van der Waals surface area contributed by atoms with Crippen LogP contribution in [-0.2, 0) is 0 Å². The minimum absolute atomic E-state index is 0. The zero-order valence-electron chi connectivity index (χ0n) is 13.9. The molecule has 0 radical (unpaired) electrons. The molecule has 0 spiro atoms. The number of carbonyl (C=O) groups is 1. The standard InChI is InChI=1S/C17H22N6O.ClH/c18-14-8-12-2-1-3-13(9-14)16(12)20-17(24)11-4-6-15(7-5-11)23-10-19-21-22-23;/h4-7,10,12-14,16H,1-3,8-9,18H2,(H,20,24);1H. The molecule has 2 aliphatic rings. The van der Waals surface area contributed by atoms with Crippen LogP contribution in [0.5, 0.6) is 0 Å². The Morgan fingerprint density at radius 3 is 2.44 bits per heavy atom. The van der Waals surface area contributed by atoms with E-state index in [9.17, 15) is 4.79 Å². The summed E-state index contributed by atoms with van der Waals surface area (Å²) in [7, 11) is 0. The Labute approximate surface area is 152 Å². The predicted octanol–water partition coefficient (Wildman–Crippen LogP) is 1.72. The highest BCUT2D eigenvalue weighted by Crippen LogP contribution is 2.39. The normalized spacial score (nSPS) is 28.0. The summed E-state index contributed by atoms with van der Waals surface area (Å²) in [6, 6.07) is 7.90. The third-order valence-electron chi connectivity index (χ3n) is 5.42. The van der Waals surface area contributed by atoms with Crippen molar-refractivity contribution in [2.45, 2.75) is 44.2 Å². The number of fused-ring (bicyclic) bond motifs is 2. The number of nitrogens with one attached hydrogen (secondary N) is 1. The first-order chi connectivity index (χ1) is 11.7. The van der Waals surface area contributed by atoms with Crippen molar-refractivity contribution in [2.24, 2.45) is 17.6 Å². The summed E-state index contributed by atoms with van der Waals surface area (Å²) in [6.07, 6.45) is 7.19. The van der Waals surface area contributed by atoms with Gasteiger partial charge in [0.1, 0.15) is 6.33 Å². The molecule has 1 heterocycles. The Hall–Kier alpha value is -1.99. The van der Waals surface area contributed by atoms with Gasteiger partial charge < -0.3 is 11.1 Å². The van der Waals surface area contributed by atoms with Crippen molar-refractivity contribution >= 4 is 18.3 Å². The third kappa shape index (κ3) is 3.67. The number of hydrogen-bond donors (Lipinski definition) is 2. The highest BCUT2D eigenvalue weighted by molar-refractivity contribution is 5.94. The number of rotatable bonds is 3. The molecule has 0 aliphatic heterocycles. The lowest BCUT2D eigenvalue weighted by Crippen LogP contribution is -2.53. The van der Waals surface area contributed by atoms with Gasteiger partial charge in [-0.1, -0.05) is 6.42 Å². The smallest absolute Gasteiger partial charge is 0.251 e. The number of amides is 1. The maximum absolute atomic E-state index is 12.6. The molecule has 2 bridgehead atoms. The van der Waals surface area contributed by atoms with Gasteiger partial charge in [-0.25, -0.2) is 4.68 Å². The molecule has 3 N–H and O–H groups in total. The van der Waals surface area contributed by atoms with Crippen molar-refractivity contribution in [1.82, 2.24) is 25.5 Å². The number of tetrazole rings is 1. The topological polar surface area (TPSA) is 98.7 Å². The van der Waals surface area contributed by atoms with Gasteiger partial charge in [-0.3, -0.25) is 4.79 Å². The van der Waals surface area contributed by atoms with E-state index >= 15 is 0 Å². The average Bonchev–Trinajstić information content (AvgIpc) is 3.10. The second-order valence-electron chi connectivity index (χ2n) is 6.98. The summed E-state index contributed by atoms with van der Waals surface area (Å²) in [6.45, 7) is 0. The zero-order chi connectivity index (χ0) is 16.5. The summed E-state index contributed by atoms with van der Waals surface area (Å²) >= 11 is 0. The van der Waals surface area contributed by atoms with Gasteiger partial charge in [-0.15, -0.1) is 17.5 Å². The van der Waals surface area contributed by atoms with Crippen molar-refractivity contribution in [1.29, 1.82) is 0 Å². The van der Waals surface area contributed by atoms with E-state index in [0.29, 0.717) is 23.4 Å². The zero-order valence-corrected chi connectivity index (χ0v) is 14.7. The fourth-order valence-electron chi connectivity index (χ4n) is 4.30. The number of nitrogens with two attached hydrogens (primary N) is 1. The van der Waals surface area contributed by atoms with Gasteiger partial charge in [-0.05, 0) is 72.2 Å². The first kappa shape index (κ1) is 17.8. The molecule has 2 fully saturated rings. The molecule has 1 amide bonds. The Morgan fingerprint density at radius 1 is 1.16 bits per heavy atom. The Kier molecular flexibility index (Phi) is 5.34. The molecule has 1 aromatic heterocycles. The molecule has 2 unspecified atom stereocenters. The molecule has 134 valence electrons. The summed E-state index contributed by atoms with van der Waals surface area (Å²) in [5.74, 6) is 1.05. The maximum atomic E-state index is 12.6. The van der Waals surface area contributed by atoms with Crippen molar-refractivity contribution in [2.75, 3.05) is 0 Å². The molecule has 1 aromatic carbocycles. The average molecular weight is 363 g/mol. The fourth-order valence-corrected chi connectivity index (χ4v) is 4.30. The van der Waals surface area contributed by atoms with Crippen LogP contribution in [0.25, 0.3) is 5.69 Å². The highest BCUT2D eigenvalue weighted by Gasteiger charge is 2.39. The molecule has 0 saturated heterocycles. The summed E-state index contributed by atoms with van der Waals surface area (Å²) in [5, 5.41) is 14.3. The van der Waals surface area contributed by atoms with E-state index in [4.69, 9.17) is 5.73 Å². The largest absolute Gasteiger partial charge is 0.349 e. The van der Waals surface area contributed by atoms with Crippen molar-refractivity contribution in [3.05, 3.63) is 36.2 Å². The van der Waals surface area contributed by atoms with Crippen molar-refractivity contribution in [3.63, 3.8) is 0 Å². The van der Waals surface area contributed by atoms with Gasteiger partial charge in [0.2, 0.25) is 0 Å². The van der Waals surface area contributed by atoms with Crippen LogP contribution < -0.4 is 11.1 Å². The van der Waals surface area contributed by atoms with E-state index in [1.807, 2.05) is 24.3 Å². The van der Waals surface area contributed by atoms with Crippen LogP contribution in [0, 0.1) is 11.8 Å². The minimum atomic E-state index is -0.00404. The number of aromatic nitrogens is 4. The lowest BCUT2D eigenvalue weighted by Gasteiger charge is -2.45. The second-order valence-corrected chi connectivity index (χ2v) is 6.98. The number of nitrogens with zero attached hydrogens (tertiary/aromatic N) is 4. The maximum Gasteiger partial charge on any atom is 0.251 e. The first-order valence-corrected chi connectivity index (χ1v) is 8.60. The Bertz CT molecular complexity index is 690. The minimum Gasteiger partial charge on any atom is -0.349 e. The van der Waals surface area contributed by atoms with Crippen LogP contribution in [0.15, 0.2) is 30.6 Å². The molecular weight excluding hydrogens is 340 g/mol. The lowest BCUT2D eigenvalue weighted by atomic mass is 9.67. The number of benzene rings is 1. The highest BCUT2D eigenvalue weighted by atomic mass is 35.5. The summed E-state index contributed by atoms with van der Waals surface area (Å²) in [4.78, 5) is 12.6. The second kappa shape index (κ2) is 7.49. The molecule has 4 rings (SSSR count). The van der Waals surface area contributed by atoms with Crippen LogP contribution in [0.4, 0.5) is 0 Å². The van der Waals surface area contributed by atoms with Crippen LogP contribution in [0.2, 0.25) is 0 Å². The quantitative estimate of drug-likeness (QED) is 0.866. The van der Waals surface area contributed by atoms with Crippen LogP contribution in [-0.4, -0.2) is 38.2 Å². The number of hydrogen-bond acceptors (Lipinski definition) is 5. The third-order valence-corrected chi connectivity index (χ3v) is 5.42. The van der Waals surface area contributed by atoms with Crippen molar-refractivity contribution in [3.8, 4) is 5.69 Å². The summed E-state index contributed by atoms with van der Waals surface area (Å²) in [5.41, 5.74) is 7.66. The van der Waals surface area contributed by atoms with E-state index in [2.05, 4.69) is 20.8 Å². The van der Waals surface area contributed by atoms with E-state index < -0.39 is 0 Å². The Morgan fingerprint density at radius 2 is 1.84 bits per heavy atom. The fraction of sp³-hybridized carbons (Fsp3) is 0.529. The molecule has 2 aliphatic carbocycles. The van der Waals surface area contributed by atoms with Crippen molar-refractivity contribution < 1.29 is 4.79 Å². The molecule has 8 heteroatoms. The van der Waals surface area contributed by atoms with Gasteiger partial charge in [0.25, 0.3) is 5.91 Å². The molecule has 25 heavy (non-hydrogen) atoms. The predicted molar refractivity (Wildman–Crippen MR) is 95.7 cm³/mol. The van der Waals surface area contributed by atoms with E-state index in [-0.39, 0.29) is 24.4 Å². The lowest BCUT2D eigenvalue weighted by molar-refractivity contribution is 0.0756.